The highest BCUT2D eigenvalue weighted by molar-refractivity contribution is 8.21. The van der Waals surface area contributed by atoms with Gasteiger partial charge in [-0.15, -0.1) is 0 Å². The minimum Gasteiger partial charge on any atom is -0.389 e. The van der Waals surface area contributed by atoms with Crippen molar-refractivity contribution in [3.8, 4) is 0 Å². The number of aromatic nitrogens is 1. The third-order valence-corrected chi connectivity index (χ3v) is 5.25. The summed E-state index contributed by atoms with van der Waals surface area (Å²) in [6.45, 7) is 1.15. The van der Waals surface area contributed by atoms with E-state index in [4.69, 9.17) is 17.3 Å². The number of aliphatic hydroxyl groups excluding tert-OH is 1. The molecule has 128 valence electrons. The lowest BCUT2D eigenvalue weighted by Gasteiger charge is -2.33. The largest absolute Gasteiger partial charge is 0.389 e. The lowest BCUT2D eigenvalue weighted by molar-refractivity contribution is 0.0434. The maximum absolute atomic E-state index is 9.82. The third kappa shape index (κ3) is 6.91. The number of hydrogen-bond acceptors (Lipinski definition) is 7. The van der Waals surface area contributed by atoms with Gasteiger partial charge in [0.25, 0.3) is 0 Å². The maximum Gasteiger partial charge on any atom is 0.125 e. The number of pyridine rings is 1. The second-order valence-electron chi connectivity index (χ2n) is 4.44. The summed E-state index contributed by atoms with van der Waals surface area (Å²) < 4.78 is 21.3. The molecule has 1 heterocycles. The highest BCUT2D eigenvalue weighted by Gasteiger charge is 2.22. The van der Waals surface area contributed by atoms with Gasteiger partial charge in [0.05, 0.1) is 44.9 Å². The average Bonchev–Trinajstić information content (AvgIpc) is 2.58. The Labute approximate surface area is 133 Å². The van der Waals surface area contributed by atoms with E-state index in [9.17, 15) is 5.11 Å². The quantitative estimate of drug-likeness (QED) is 0.564. The van der Waals surface area contributed by atoms with E-state index in [0.29, 0.717) is 18.9 Å². The Morgan fingerprint density at radius 2 is 1.95 bits per heavy atom. The molecule has 2 N–H and O–H groups in total. The van der Waals surface area contributed by atoms with E-state index in [-0.39, 0.29) is 6.61 Å². The van der Waals surface area contributed by atoms with Crippen LogP contribution in [0.4, 0.5) is 5.82 Å². The van der Waals surface area contributed by atoms with Crippen LogP contribution >= 0.6 is 10.9 Å². The van der Waals surface area contributed by atoms with E-state index >= 15 is 0 Å². The van der Waals surface area contributed by atoms with Gasteiger partial charge in [-0.1, -0.05) is 6.07 Å². The van der Waals surface area contributed by atoms with Crippen LogP contribution < -0.4 is 5.32 Å². The van der Waals surface area contributed by atoms with Crippen molar-refractivity contribution in [2.75, 3.05) is 52.2 Å². The van der Waals surface area contributed by atoms with Crippen LogP contribution in [0.1, 0.15) is 6.42 Å². The molecule has 0 bridgehead atoms. The fourth-order valence-electron chi connectivity index (χ4n) is 1.76. The highest BCUT2D eigenvalue weighted by atomic mass is 32.3. The fourth-order valence-corrected chi connectivity index (χ4v) is 3.14. The maximum atomic E-state index is 9.82. The zero-order chi connectivity index (χ0) is 16.3. The Morgan fingerprint density at radius 1 is 1.23 bits per heavy atom. The standard InChI is InChI=1S/C14H26N2O5S/c1-18-22(19-2,20-3)10-6-9-21-12-13(17)11-16-14-7-4-5-8-15-14/h4-5,7-8,13,17H,6,9-12H2,1-3H3,(H,15,16). The number of anilines is 1. The van der Waals surface area contributed by atoms with Crippen LogP contribution in [0.25, 0.3) is 0 Å². The summed E-state index contributed by atoms with van der Waals surface area (Å²) in [6.07, 6.45) is 1.83. The number of ether oxygens (including phenoxy) is 1. The fraction of sp³-hybridized carbons (Fsp3) is 0.643. The molecule has 0 aliphatic carbocycles. The first-order chi connectivity index (χ1) is 10.7. The molecule has 0 saturated carbocycles. The summed E-state index contributed by atoms with van der Waals surface area (Å²) >= 11 is 0. The first-order valence-electron chi connectivity index (χ1n) is 7.04. The average molecular weight is 334 g/mol. The number of aliphatic hydroxyl groups is 1. The highest BCUT2D eigenvalue weighted by Crippen LogP contribution is 2.49. The van der Waals surface area contributed by atoms with Crippen molar-refractivity contribution in [1.82, 2.24) is 4.98 Å². The third-order valence-electron chi connectivity index (χ3n) is 2.94. The minimum absolute atomic E-state index is 0.259. The van der Waals surface area contributed by atoms with E-state index in [1.165, 1.54) is 0 Å². The second-order valence-corrected chi connectivity index (χ2v) is 6.96. The summed E-state index contributed by atoms with van der Waals surface area (Å²) in [7, 11) is 2.78. The molecule has 22 heavy (non-hydrogen) atoms. The second kappa shape index (κ2) is 10.8. The van der Waals surface area contributed by atoms with Gasteiger partial charge in [-0.25, -0.2) is 4.98 Å². The monoisotopic (exact) mass is 334 g/mol. The van der Waals surface area contributed by atoms with Gasteiger partial charge in [0.1, 0.15) is 5.82 Å². The van der Waals surface area contributed by atoms with Crippen molar-refractivity contribution < 1.29 is 22.4 Å². The molecule has 0 radical (unpaired) electrons. The zero-order valence-corrected chi connectivity index (χ0v) is 14.2. The molecule has 1 atom stereocenters. The van der Waals surface area contributed by atoms with Crippen LogP contribution in [0.15, 0.2) is 24.4 Å². The molecule has 8 heteroatoms. The lowest BCUT2D eigenvalue weighted by atomic mass is 10.3. The van der Waals surface area contributed by atoms with Gasteiger partial charge >= 0.3 is 0 Å². The Balaban J connectivity index is 2.11. The summed E-state index contributed by atoms with van der Waals surface area (Å²) in [5, 5.41) is 12.9. The number of rotatable bonds is 12. The van der Waals surface area contributed by atoms with E-state index in [1.807, 2.05) is 18.2 Å². The van der Waals surface area contributed by atoms with Gasteiger partial charge in [-0.3, -0.25) is 12.5 Å². The summed E-state index contributed by atoms with van der Waals surface area (Å²) in [6, 6.07) is 5.57. The summed E-state index contributed by atoms with van der Waals surface area (Å²) in [5.74, 6) is 1.36. The van der Waals surface area contributed by atoms with Gasteiger partial charge in [-0.2, -0.15) is 0 Å². The van der Waals surface area contributed by atoms with Gasteiger partial charge in [0.2, 0.25) is 0 Å². The van der Waals surface area contributed by atoms with Crippen molar-refractivity contribution in [2.45, 2.75) is 12.5 Å². The molecule has 0 amide bonds. The Morgan fingerprint density at radius 3 is 2.55 bits per heavy atom. The van der Waals surface area contributed by atoms with E-state index in [1.54, 1.807) is 27.5 Å². The van der Waals surface area contributed by atoms with Gasteiger partial charge < -0.3 is 15.2 Å². The predicted molar refractivity (Wildman–Crippen MR) is 87.7 cm³/mol. The zero-order valence-electron chi connectivity index (χ0n) is 13.4. The van der Waals surface area contributed by atoms with Crippen LogP contribution in [0.3, 0.4) is 0 Å². The first kappa shape index (κ1) is 19.1. The van der Waals surface area contributed by atoms with Gasteiger partial charge in [0, 0.05) is 25.1 Å². The SMILES string of the molecule is COS(CCCOCC(O)CNc1ccccn1)(OC)OC. The molecule has 0 aliphatic rings. The van der Waals surface area contributed by atoms with E-state index in [2.05, 4.69) is 10.3 Å². The van der Waals surface area contributed by atoms with E-state index < -0.39 is 17.0 Å². The molecule has 0 spiro atoms. The molecule has 0 aliphatic heterocycles. The molecule has 1 aromatic heterocycles. The molecule has 1 rings (SSSR count). The normalized spacial score (nSPS) is 13.8. The topological polar surface area (TPSA) is 82.1 Å². The first-order valence-corrected chi connectivity index (χ1v) is 8.62. The van der Waals surface area contributed by atoms with Crippen molar-refractivity contribution in [2.24, 2.45) is 0 Å². The number of nitrogens with zero attached hydrogens (tertiary/aromatic N) is 1. The smallest absolute Gasteiger partial charge is 0.125 e. The van der Waals surface area contributed by atoms with E-state index in [0.717, 1.165) is 12.2 Å². The Bertz CT molecular complexity index is 384. The van der Waals surface area contributed by atoms with Gasteiger partial charge in [-0.05, 0) is 18.6 Å². The van der Waals surface area contributed by atoms with Crippen LogP contribution in [0.2, 0.25) is 0 Å². The van der Waals surface area contributed by atoms with Crippen molar-refractivity contribution >= 4 is 16.7 Å². The van der Waals surface area contributed by atoms with Crippen LogP contribution in [0.5, 0.6) is 0 Å². The van der Waals surface area contributed by atoms with Crippen molar-refractivity contribution in [3.63, 3.8) is 0 Å². The molecule has 0 fully saturated rings. The predicted octanol–water partition coefficient (Wildman–Crippen LogP) is 1.75. The van der Waals surface area contributed by atoms with Crippen LogP contribution in [-0.4, -0.2) is 63.0 Å². The molecule has 0 saturated heterocycles. The molecule has 1 unspecified atom stereocenters. The molecule has 7 nitrogen and oxygen atoms in total. The molecular formula is C14H26N2O5S. The summed E-state index contributed by atoms with van der Waals surface area (Å²) in [4.78, 5) is 4.11. The Kier molecular flexibility index (Phi) is 9.37. The molecular weight excluding hydrogens is 308 g/mol. The van der Waals surface area contributed by atoms with Gasteiger partial charge in [0.15, 0.2) is 0 Å². The summed E-state index contributed by atoms with van der Waals surface area (Å²) in [5.41, 5.74) is 0. The minimum atomic E-state index is -1.92. The number of nitrogens with one attached hydrogen (secondary N) is 1. The number of hydrogen-bond donors (Lipinski definition) is 2. The van der Waals surface area contributed by atoms with Crippen LogP contribution in [-0.2, 0) is 17.3 Å². The Hall–Kier alpha value is -0.900. The van der Waals surface area contributed by atoms with Crippen LogP contribution in [0, 0.1) is 0 Å². The lowest BCUT2D eigenvalue weighted by Crippen LogP contribution is -2.25. The van der Waals surface area contributed by atoms with Crippen molar-refractivity contribution in [3.05, 3.63) is 24.4 Å². The molecule has 0 aromatic carbocycles. The molecule has 1 aromatic rings. The van der Waals surface area contributed by atoms with Crippen molar-refractivity contribution in [1.29, 1.82) is 0 Å².